The van der Waals surface area contributed by atoms with E-state index in [1.165, 1.54) is 19.3 Å². The molecule has 142 valence electrons. The van der Waals surface area contributed by atoms with Crippen LogP contribution in [-0.2, 0) is 14.3 Å². The van der Waals surface area contributed by atoms with Gasteiger partial charge in [0.15, 0.2) is 6.61 Å². The van der Waals surface area contributed by atoms with Gasteiger partial charge in [-0.3, -0.25) is 4.79 Å². The summed E-state index contributed by atoms with van der Waals surface area (Å²) in [4.78, 5) is 23.8. The normalized spacial score (nSPS) is 10.5. The van der Waals surface area contributed by atoms with Gasteiger partial charge in [-0.25, -0.2) is 4.79 Å². The Morgan fingerprint density at radius 3 is 2.56 bits per heavy atom. The van der Waals surface area contributed by atoms with Gasteiger partial charge in [-0.1, -0.05) is 11.6 Å². The zero-order valence-electron chi connectivity index (χ0n) is 15.2. The third kappa shape index (κ3) is 6.04. The van der Waals surface area contributed by atoms with E-state index < -0.39 is 18.5 Å². The molecule has 0 aliphatic carbocycles. The highest BCUT2D eigenvalue weighted by Gasteiger charge is 2.08. The number of rotatable bonds is 7. The minimum Gasteiger partial charge on any atom is -0.497 e. The van der Waals surface area contributed by atoms with Gasteiger partial charge in [0, 0.05) is 22.3 Å². The molecule has 1 N–H and O–H groups in total. The molecule has 0 aliphatic heterocycles. The molecule has 2 aromatic rings. The highest BCUT2D eigenvalue weighted by molar-refractivity contribution is 6.30. The average Bonchev–Trinajstić information content (AvgIpc) is 2.66. The molecule has 0 aliphatic rings. The lowest BCUT2D eigenvalue weighted by Gasteiger charge is -2.09. The lowest BCUT2D eigenvalue weighted by molar-refractivity contribution is -0.142. The zero-order chi connectivity index (χ0) is 19.8. The Labute approximate surface area is 162 Å². The summed E-state index contributed by atoms with van der Waals surface area (Å²) in [5.74, 6) is 0.112. The largest absolute Gasteiger partial charge is 0.497 e. The van der Waals surface area contributed by atoms with E-state index in [1.807, 2.05) is 6.92 Å². The molecule has 0 saturated carbocycles. The highest BCUT2D eigenvalue weighted by Crippen LogP contribution is 2.25. The number of ether oxygens (including phenoxy) is 3. The van der Waals surface area contributed by atoms with E-state index in [4.69, 9.17) is 25.8 Å². The molecule has 0 aromatic heterocycles. The van der Waals surface area contributed by atoms with E-state index >= 15 is 0 Å². The van der Waals surface area contributed by atoms with Crippen LogP contribution < -0.4 is 14.8 Å². The van der Waals surface area contributed by atoms with Crippen molar-refractivity contribution in [2.45, 2.75) is 6.92 Å². The van der Waals surface area contributed by atoms with Crippen molar-refractivity contribution < 1.29 is 23.8 Å². The molecule has 27 heavy (non-hydrogen) atoms. The van der Waals surface area contributed by atoms with Crippen molar-refractivity contribution in [1.29, 1.82) is 0 Å². The molecule has 1 amide bonds. The second-order valence-electron chi connectivity index (χ2n) is 5.56. The Morgan fingerprint density at radius 2 is 1.89 bits per heavy atom. The van der Waals surface area contributed by atoms with Crippen molar-refractivity contribution in [2.75, 3.05) is 26.1 Å². The maximum atomic E-state index is 11.9. The molecule has 7 heteroatoms. The maximum absolute atomic E-state index is 11.9. The predicted molar refractivity (Wildman–Crippen MR) is 104 cm³/mol. The molecule has 2 aromatic carbocycles. The van der Waals surface area contributed by atoms with Crippen molar-refractivity contribution in [2.24, 2.45) is 0 Å². The number of anilines is 1. The number of aryl methyl sites for hydroxylation is 1. The first kappa shape index (κ1) is 20.3. The number of hydrogen-bond acceptors (Lipinski definition) is 5. The van der Waals surface area contributed by atoms with Crippen LogP contribution in [0.4, 0.5) is 5.69 Å². The molecule has 0 fully saturated rings. The van der Waals surface area contributed by atoms with Crippen LogP contribution in [0.5, 0.6) is 11.5 Å². The first-order valence-corrected chi connectivity index (χ1v) is 8.43. The van der Waals surface area contributed by atoms with Crippen LogP contribution in [0.25, 0.3) is 6.08 Å². The van der Waals surface area contributed by atoms with Crippen molar-refractivity contribution >= 4 is 35.2 Å². The van der Waals surface area contributed by atoms with Crippen molar-refractivity contribution in [1.82, 2.24) is 0 Å². The Balaban J connectivity index is 1.92. The van der Waals surface area contributed by atoms with E-state index in [2.05, 4.69) is 5.32 Å². The van der Waals surface area contributed by atoms with Crippen LogP contribution in [0.3, 0.4) is 0 Å². The summed E-state index contributed by atoms with van der Waals surface area (Å²) >= 11 is 5.88. The summed E-state index contributed by atoms with van der Waals surface area (Å²) in [5, 5.41) is 3.24. The number of halogens is 1. The molecular formula is C20H20ClNO5. The number of carbonyl (C=O) groups excluding carboxylic acids is 2. The van der Waals surface area contributed by atoms with E-state index in [1.54, 1.807) is 43.5 Å². The van der Waals surface area contributed by atoms with E-state index in [0.29, 0.717) is 27.8 Å². The van der Waals surface area contributed by atoms with Crippen molar-refractivity contribution in [3.8, 4) is 11.5 Å². The Hall–Kier alpha value is -2.99. The number of carbonyl (C=O) groups is 2. The number of benzene rings is 2. The van der Waals surface area contributed by atoms with Gasteiger partial charge in [0.05, 0.1) is 14.2 Å². The van der Waals surface area contributed by atoms with Gasteiger partial charge in [0.1, 0.15) is 11.5 Å². The summed E-state index contributed by atoms with van der Waals surface area (Å²) in [6.07, 6.45) is 2.75. The molecule has 0 bridgehead atoms. The summed E-state index contributed by atoms with van der Waals surface area (Å²) in [7, 11) is 3.07. The number of hydrogen-bond donors (Lipinski definition) is 1. The molecule has 0 heterocycles. The van der Waals surface area contributed by atoms with Crippen LogP contribution in [0.15, 0.2) is 42.5 Å². The maximum Gasteiger partial charge on any atom is 0.331 e. The molecule has 6 nitrogen and oxygen atoms in total. The summed E-state index contributed by atoms with van der Waals surface area (Å²) in [6.45, 7) is 1.41. The first-order chi connectivity index (χ1) is 12.9. The van der Waals surface area contributed by atoms with Gasteiger partial charge < -0.3 is 19.5 Å². The van der Waals surface area contributed by atoms with Gasteiger partial charge in [0.25, 0.3) is 5.91 Å². The number of esters is 1. The van der Waals surface area contributed by atoms with Crippen molar-refractivity contribution in [3.63, 3.8) is 0 Å². The fourth-order valence-corrected chi connectivity index (χ4v) is 2.49. The van der Waals surface area contributed by atoms with E-state index in [0.717, 1.165) is 5.56 Å². The van der Waals surface area contributed by atoms with Gasteiger partial charge in [-0.05, 0) is 55.0 Å². The summed E-state index contributed by atoms with van der Waals surface area (Å²) < 4.78 is 15.3. The smallest absolute Gasteiger partial charge is 0.331 e. The van der Waals surface area contributed by atoms with Gasteiger partial charge >= 0.3 is 5.97 Å². The fraction of sp³-hybridized carbons (Fsp3) is 0.200. The van der Waals surface area contributed by atoms with E-state index in [9.17, 15) is 9.59 Å². The molecule has 0 atom stereocenters. The SMILES string of the molecule is COc1ccc(OC)c(/C=C/C(=O)OCC(=O)Nc2ccc(Cl)cc2C)c1. The van der Waals surface area contributed by atoms with Crippen LogP contribution in [0, 0.1) is 6.92 Å². The summed E-state index contributed by atoms with van der Waals surface area (Å²) in [5.41, 5.74) is 2.07. The first-order valence-electron chi connectivity index (χ1n) is 8.06. The second kappa shape index (κ2) is 9.64. The topological polar surface area (TPSA) is 73.9 Å². The molecule has 2 rings (SSSR count). The standard InChI is InChI=1S/C20H20ClNO5/c1-13-10-15(21)5-7-17(13)22-19(23)12-27-20(24)9-4-14-11-16(25-2)6-8-18(14)26-3/h4-11H,12H2,1-3H3,(H,22,23)/b9-4+. The highest BCUT2D eigenvalue weighted by atomic mass is 35.5. The average molecular weight is 390 g/mol. The molecule has 0 unspecified atom stereocenters. The lowest BCUT2D eigenvalue weighted by atomic mass is 10.1. The lowest BCUT2D eigenvalue weighted by Crippen LogP contribution is -2.20. The Morgan fingerprint density at radius 1 is 1.11 bits per heavy atom. The molecule has 0 spiro atoms. The monoisotopic (exact) mass is 389 g/mol. The van der Waals surface area contributed by atoms with Gasteiger partial charge in [-0.15, -0.1) is 0 Å². The third-order valence-corrected chi connectivity index (χ3v) is 3.88. The zero-order valence-corrected chi connectivity index (χ0v) is 16.0. The van der Waals surface area contributed by atoms with Crippen LogP contribution >= 0.6 is 11.6 Å². The number of methoxy groups -OCH3 is 2. The summed E-state index contributed by atoms with van der Waals surface area (Å²) in [6, 6.07) is 10.3. The number of nitrogens with one attached hydrogen (secondary N) is 1. The Bertz CT molecular complexity index is 863. The minimum absolute atomic E-state index is 0.402. The van der Waals surface area contributed by atoms with Gasteiger partial charge in [-0.2, -0.15) is 0 Å². The quantitative estimate of drug-likeness (QED) is 0.575. The van der Waals surface area contributed by atoms with E-state index in [-0.39, 0.29) is 0 Å². The fourth-order valence-electron chi connectivity index (χ4n) is 2.27. The molecule has 0 radical (unpaired) electrons. The molecule has 0 saturated heterocycles. The van der Waals surface area contributed by atoms with Crippen LogP contribution in [0.1, 0.15) is 11.1 Å². The van der Waals surface area contributed by atoms with Crippen LogP contribution in [0.2, 0.25) is 5.02 Å². The minimum atomic E-state index is -0.650. The van der Waals surface area contributed by atoms with Crippen molar-refractivity contribution in [3.05, 3.63) is 58.6 Å². The predicted octanol–water partition coefficient (Wildman–Crippen LogP) is 3.86. The van der Waals surface area contributed by atoms with Crippen LogP contribution in [-0.4, -0.2) is 32.7 Å². The molecular weight excluding hydrogens is 370 g/mol. The second-order valence-corrected chi connectivity index (χ2v) is 5.99. The Kier molecular flexibility index (Phi) is 7.25. The third-order valence-electron chi connectivity index (χ3n) is 3.64. The number of amides is 1. The van der Waals surface area contributed by atoms with Gasteiger partial charge in [0.2, 0.25) is 0 Å².